The maximum atomic E-state index is 13.6. The Hall–Kier alpha value is -3.52. The van der Waals surface area contributed by atoms with Gasteiger partial charge in [-0.05, 0) is 48.5 Å². The predicted molar refractivity (Wildman–Crippen MR) is 110 cm³/mol. The van der Waals surface area contributed by atoms with Gasteiger partial charge in [0.15, 0.2) is 0 Å². The topological polar surface area (TPSA) is 66.5 Å². The Kier molecular flexibility index (Phi) is 5.33. The number of hydrogen-bond acceptors (Lipinski definition) is 4. The maximum Gasteiger partial charge on any atom is 0.266 e. The number of rotatable bonds is 5. The van der Waals surface area contributed by atoms with E-state index < -0.39 is 17.5 Å². The van der Waals surface area contributed by atoms with Crippen molar-refractivity contribution < 1.29 is 23.2 Å². The van der Waals surface area contributed by atoms with E-state index in [2.05, 4.69) is 5.32 Å². The molecule has 1 aliphatic heterocycles. The molecule has 0 radical (unpaired) electrons. The number of thioether (sulfide) groups is 1. The second-order valence-corrected chi connectivity index (χ2v) is 7.49. The molecule has 8 heteroatoms. The summed E-state index contributed by atoms with van der Waals surface area (Å²) in [5.41, 5.74) is 0.933. The van der Waals surface area contributed by atoms with Crippen molar-refractivity contribution in [1.82, 2.24) is 0 Å². The van der Waals surface area contributed by atoms with Gasteiger partial charge in [-0.1, -0.05) is 12.1 Å². The third-order valence-corrected chi connectivity index (χ3v) is 5.47. The second kappa shape index (κ2) is 8.08. The van der Waals surface area contributed by atoms with E-state index in [4.69, 9.17) is 0 Å². The summed E-state index contributed by atoms with van der Waals surface area (Å²) in [6.07, 6.45) is 0. The van der Waals surface area contributed by atoms with Crippen LogP contribution in [0.15, 0.2) is 71.6 Å². The zero-order valence-corrected chi connectivity index (χ0v) is 16.2. The van der Waals surface area contributed by atoms with E-state index in [1.54, 1.807) is 48.5 Å². The number of anilines is 2. The van der Waals surface area contributed by atoms with Gasteiger partial charge in [-0.2, -0.15) is 0 Å². The van der Waals surface area contributed by atoms with Gasteiger partial charge in [-0.15, -0.1) is 11.8 Å². The molecule has 150 valence electrons. The standard InChI is InChI=1S/C22H14F2N2O3S/c23-13-5-10-18(24)19(11-13)25-20(27)12-30-15-8-6-14(7-9-15)26-21(28)16-3-1-2-4-17(16)22(26)29/h1-11H,12H2,(H,25,27). The van der Waals surface area contributed by atoms with Crippen LogP contribution in [0.5, 0.6) is 0 Å². The highest BCUT2D eigenvalue weighted by atomic mass is 32.2. The molecule has 0 saturated heterocycles. The van der Waals surface area contributed by atoms with Crippen molar-refractivity contribution >= 4 is 40.9 Å². The largest absolute Gasteiger partial charge is 0.323 e. The lowest BCUT2D eigenvalue weighted by atomic mass is 10.1. The van der Waals surface area contributed by atoms with Crippen LogP contribution in [0, 0.1) is 11.6 Å². The molecule has 0 unspecified atom stereocenters. The molecule has 0 bridgehead atoms. The average molecular weight is 424 g/mol. The number of hydrogen-bond donors (Lipinski definition) is 1. The van der Waals surface area contributed by atoms with Gasteiger partial charge in [0.25, 0.3) is 11.8 Å². The summed E-state index contributed by atoms with van der Waals surface area (Å²) in [5.74, 6) is -2.65. The lowest BCUT2D eigenvalue weighted by Crippen LogP contribution is -2.29. The van der Waals surface area contributed by atoms with E-state index in [0.717, 1.165) is 23.1 Å². The average Bonchev–Trinajstić information content (AvgIpc) is 3.00. The Morgan fingerprint density at radius 3 is 2.17 bits per heavy atom. The number of imide groups is 1. The first-order valence-electron chi connectivity index (χ1n) is 8.89. The van der Waals surface area contributed by atoms with Gasteiger partial charge in [0.1, 0.15) is 11.6 Å². The second-order valence-electron chi connectivity index (χ2n) is 6.45. The first-order chi connectivity index (χ1) is 14.4. The van der Waals surface area contributed by atoms with Crippen molar-refractivity contribution in [3.63, 3.8) is 0 Å². The normalized spacial score (nSPS) is 12.8. The Balaban J connectivity index is 1.40. The minimum absolute atomic E-state index is 0.0255. The summed E-state index contributed by atoms with van der Waals surface area (Å²) in [5, 5.41) is 2.33. The Morgan fingerprint density at radius 2 is 1.53 bits per heavy atom. The van der Waals surface area contributed by atoms with Crippen LogP contribution in [0.25, 0.3) is 0 Å². The zero-order valence-electron chi connectivity index (χ0n) is 15.4. The van der Waals surface area contributed by atoms with Crippen molar-refractivity contribution in [2.75, 3.05) is 16.0 Å². The fourth-order valence-corrected chi connectivity index (χ4v) is 3.74. The number of amides is 3. The van der Waals surface area contributed by atoms with Crippen LogP contribution in [-0.2, 0) is 4.79 Å². The third kappa shape index (κ3) is 3.81. The van der Waals surface area contributed by atoms with Crippen molar-refractivity contribution in [1.29, 1.82) is 0 Å². The van der Waals surface area contributed by atoms with Gasteiger partial charge in [0.05, 0.1) is 28.3 Å². The summed E-state index contributed by atoms with van der Waals surface area (Å²) in [4.78, 5) is 38.9. The molecule has 0 fully saturated rings. The molecule has 3 aromatic rings. The molecule has 0 saturated carbocycles. The number of fused-ring (bicyclic) bond motifs is 1. The fourth-order valence-electron chi connectivity index (χ4n) is 3.04. The van der Waals surface area contributed by atoms with Gasteiger partial charge in [-0.3, -0.25) is 14.4 Å². The number of nitrogens with one attached hydrogen (secondary N) is 1. The van der Waals surface area contributed by atoms with Gasteiger partial charge in [-0.25, -0.2) is 13.7 Å². The van der Waals surface area contributed by atoms with Crippen LogP contribution < -0.4 is 10.2 Å². The number of halogens is 2. The highest BCUT2D eigenvalue weighted by Gasteiger charge is 2.36. The van der Waals surface area contributed by atoms with E-state index in [9.17, 15) is 23.2 Å². The maximum absolute atomic E-state index is 13.6. The molecule has 0 aliphatic carbocycles. The quantitative estimate of drug-likeness (QED) is 0.484. The van der Waals surface area contributed by atoms with E-state index in [1.807, 2.05) is 0 Å². The highest BCUT2D eigenvalue weighted by Crippen LogP contribution is 2.30. The minimum Gasteiger partial charge on any atom is -0.323 e. The van der Waals surface area contributed by atoms with Crippen LogP contribution in [0.3, 0.4) is 0 Å². The van der Waals surface area contributed by atoms with Crippen LogP contribution in [-0.4, -0.2) is 23.5 Å². The smallest absolute Gasteiger partial charge is 0.266 e. The number of benzene rings is 3. The van der Waals surface area contributed by atoms with E-state index >= 15 is 0 Å². The van der Waals surface area contributed by atoms with Crippen molar-refractivity contribution in [3.8, 4) is 0 Å². The molecule has 0 atom stereocenters. The lowest BCUT2D eigenvalue weighted by Gasteiger charge is -2.14. The fraction of sp³-hybridized carbons (Fsp3) is 0.0455. The molecule has 1 aliphatic rings. The summed E-state index contributed by atoms with van der Waals surface area (Å²) < 4.78 is 26.8. The van der Waals surface area contributed by atoms with Crippen LogP contribution in [0.2, 0.25) is 0 Å². The number of carbonyl (C=O) groups excluding carboxylic acids is 3. The number of carbonyl (C=O) groups is 3. The van der Waals surface area contributed by atoms with Gasteiger partial charge in [0, 0.05) is 11.0 Å². The van der Waals surface area contributed by atoms with E-state index in [-0.39, 0.29) is 23.3 Å². The van der Waals surface area contributed by atoms with Gasteiger partial charge >= 0.3 is 0 Å². The first-order valence-corrected chi connectivity index (χ1v) is 9.88. The van der Waals surface area contributed by atoms with E-state index in [1.165, 1.54) is 11.8 Å². The number of nitrogens with zero attached hydrogens (tertiary/aromatic N) is 1. The monoisotopic (exact) mass is 424 g/mol. The molecular weight excluding hydrogens is 410 g/mol. The highest BCUT2D eigenvalue weighted by molar-refractivity contribution is 8.00. The van der Waals surface area contributed by atoms with Crippen molar-refractivity contribution in [2.24, 2.45) is 0 Å². The zero-order chi connectivity index (χ0) is 21.3. The SMILES string of the molecule is O=C(CSc1ccc(N2C(=O)c3ccccc3C2=O)cc1)Nc1cc(F)ccc1F. The van der Waals surface area contributed by atoms with E-state index in [0.29, 0.717) is 21.7 Å². The Morgan fingerprint density at radius 1 is 0.900 bits per heavy atom. The first kappa shape index (κ1) is 19.8. The van der Waals surface area contributed by atoms with Gasteiger partial charge in [0.2, 0.25) is 5.91 Å². The third-order valence-electron chi connectivity index (χ3n) is 4.46. The minimum atomic E-state index is -0.722. The summed E-state index contributed by atoms with van der Waals surface area (Å²) in [6.45, 7) is 0. The Bertz CT molecular complexity index is 1130. The van der Waals surface area contributed by atoms with Crippen LogP contribution in [0.1, 0.15) is 20.7 Å². The summed E-state index contributed by atoms with van der Waals surface area (Å²) in [7, 11) is 0. The van der Waals surface area contributed by atoms with Crippen molar-refractivity contribution in [2.45, 2.75) is 4.90 Å². The molecule has 0 spiro atoms. The van der Waals surface area contributed by atoms with Crippen LogP contribution >= 0.6 is 11.8 Å². The molecule has 0 aromatic heterocycles. The summed E-state index contributed by atoms with van der Waals surface area (Å²) in [6, 6.07) is 16.0. The molecule has 5 nitrogen and oxygen atoms in total. The molecule has 4 rings (SSSR count). The molecule has 1 N–H and O–H groups in total. The van der Waals surface area contributed by atoms with Gasteiger partial charge < -0.3 is 5.32 Å². The molecule has 3 amide bonds. The lowest BCUT2D eigenvalue weighted by molar-refractivity contribution is -0.113. The van der Waals surface area contributed by atoms with Crippen LogP contribution in [0.4, 0.5) is 20.2 Å². The predicted octanol–water partition coefficient (Wildman–Crippen LogP) is 4.50. The summed E-state index contributed by atoms with van der Waals surface area (Å²) >= 11 is 1.18. The Labute approximate surface area is 174 Å². The molecular formula is C22H14F2N2O3S. The molecule has 3 aromatic carbocycles. The molecule has 30 heavy (non-hydrogen) atoms. The van der Waals surface area contributed by atoms with Crippen molar-refractivity contribution in [3.05, 3.63) is 89.5 Å². The molecule has 1 heterocycles.